The molecule has 8 heteroatoms. The molecule has 1 aliphatic heterocycles. The van der Waals surface area contributed by atoms with Gasteiger partial charge in [0.25, 0.3) is 0 Å². The second-order valence-electron chi connectivity index (χ2n) is 8.96. The monoisotopic (exact) mass is 482 g/mol. The van der Waals surface area contributed by atoms with Gasteiger partial charge >= 0.3 is 0 Å². The van der Waals surface area contributed by atoms with Crippen molar-refractivity contribution in [1.29, 1.82) is 0 Å². The van der Waals surface area contributed by atoms with Crippen molar-refractivity contribution in [2.24, 2.45) is 5.92 Å². The highest BCUT2D eigenvalue weighted by Gasteiger charge is 2.39. The molecule has 4 rings (SSSR count). The Morgan fingerprint density at radius 2 is 1.97 bits per heavy atom. The first kappa shape index (κ1) is 23.6. The molecular weight excluding hydrogens is 452 g/mol. The minimum absolute atomic E-state index is 0.0113. The first-order valence-corrected chi connectivity index (χ1v) is 13.0. The van der Waals surface area contributed by atoms with E-state index >= 15 is 0 Å². The van der Waals surface area contributed by atoms with Crippen LogP contribution in [0.5, 0.6) is 0 Å². The first-order chi connectivity index (χ1) is 15.8. The number of benzene rings is 1. The van der Waals surface area contributed by atoms with Crippen molar-refractivity contribution in [1.82, 2.24) is 19.6 Å². The standard InChI is InChI=1S/C25H30N4O2S2/c1-15(2)22(20-12-16(3)33-28-20)25(31)29-11-5-6-21(29)24(30)26-13-18-7-9-19(10-8-18)23-17(4)27-14-32-23/h7-10,12,14-15,21-22H,5-6,11,13H2,1-4H3,(H,26,30)/t21-,22?/m0/s1. The molecule has 1 aromatic carbocycles. The van der Waals surface area contributed by atoms with Gasteiger partial charge in [-0.2, -0.15) is 4.37 Å². The van der Waals surface area contributed by atoms with Crippen molar-refractivity contribution in [3.8, 4) is 10.4 Å². The van der Waals surface area contributed by atoms with E-state index in [2.05, 4.69) is 26.8 Å². The molecule has 33 heavy (non-hydrogen) atoms. The summed E-state index contributed by atoms with van der Waals surface area (Å²) in [5, 5.41) is 3.05. The average molecular weight is 483 g/mol. The van der Waals surface area contributed by atoms with E-state index in [9.17, 15) is 9.59 Å². The van der Waals surface area contributed by atoms with Gasteiger partial charge in [0, 0.05) is 18.0 Å². The van der Waals surface area contributed by atoms with Gasteiger partial charge in [0.15, 0.2) is 0 Å². The van der Waals surface area contributed by atoms with Crippen molar-refractivity contribution in [3.63, 3.8) is 0 Å². The summed E-state index contributed by atoms with van der Waals surface area (Å²) < 4.78 is 4.50. The maximum Gasteiger partial charge on any atom is 0.243 e. The Bertz CT molecular complexity index is 1120. The highest BCUT2D eigenvalue weighted by Crippen LogP contribution is 2.31. The summed E-state index contributed by atoms with van der Waals surface area (Å²) in [7, 11) is 0. The van der Waals surface area contributed by atoms with E-state index in [0.29, 0.717) is 19.5 Å². The van der Waals surface area contributed by atoms with Gasteiger partial charge in [-0.3, -0.25) is 9.59 Å². The van der Waals surface area contributed by atoms with Gasteiger partial charge in [-0.05, 0) is 61.3 Å². The van der Waals surface area contributed by atoms with Crippen LogP contribution in [-0.4, -0.2) is 38.7 Å². The van der Waals surface area contributed by atoms with Crippen LogP contribution in [0, 0.1) is 19.8 Å². The summed E-state index contributed by atoms with van der Waals surface area (Å²) in [6.07, 6.45) is 1.54. The van der Waals surface area contributed by atoms with E-state index in [1.54, 1.807) is 16.2 Å². The molecule has 1 N–H and O–H groups in total. The van der Waals surface area contributed by atoms with Crippen molar-refractivity contribution < 1.29 is 9.59 Å². The third-order valence-corrected chi connectivity index (χ3v) is 7.85. The quantitative estimate of drug-likeness (QED) is 0.518. The molecule has 174 valence electrons. The van der Waals surface area contributed by atoms with Crippen LogP contribution in [0.2, 0.25) is 0 Å². The number of carbonyl (C=O) groups is 2. The topological polar surface area (TPSA) is 75.2 Å². The predicted octanol–water partition coefficient (Wildman–Crippen LogP) is 4.93. The van der Waals surface area contributed by atoms with Crippen LogP contribution in [0.15, 0.2) is 35.8 Å². The number of nitrogens with one attached hydrogen (secondary N) is 1. The van der Waals surface area contributed by atoms with Gasteiger partial charge in [0.2, 0.25) is 11.8 Å². The molecule has 1 saturated heterocycles. The summed E-state index contributed by atoms with van der Waals surface area (Å²) in [5.74, 6) is -0.271. The Morgan fingerprint density at radius 1 is 1.21 bits per heavy atom. The van der Waals surface area contributed by atoms with Crippen LogP contribution < -0.4 is 5.32 Å². The lowest BCUT2D eigenvalue weighted by Crippen LogP contribution is -2.48. The second kappa shape index (κ2) is 10.1. The predicted molar refractivity (Wildman–Crippen MR) is 133 cm³/mol. The number of thiazole rings is 1. The molecular formula is C25H30N4O2S2. The number of nitrogens with zero attached hydrogens (tertiary/aromatic N) is 3. The lowest BCUT2D eigenvalue weighted by atomic mass is 9.90. The van der Waals surface area contributed by atoms with E-state index < -0.39 is 6.04 Å². The van der Waals surface area contributed by atoms with Crippen LogP contribution in [0.3, 0.4) is 0 Å². The van der Waals surface area contributed by atoms with Crippen molar-refractivity contribution >= 4 is 34.7 Å². The van der Waals surface area contributed by atoms with Gasteiger partial charge < -0.3 is 10.2 Å². The molecule has 0 aliphatic carbocycles. The highest BCUT2D eigenvalue weighted by atomic mass is 32.1. The minimum atomic E-state index is -0.419. The fraction of sp³-hybridized carbons (Fsp3) is 0.440. The lowest BCUT2D eigenvalue weighted by molar-refractivity contribution is -0.140. The summed E-state index contributed by atoms with van der Waals surface area (Å²) in [6, 6.07) is 9.78. The number of carbonyl (C=O) groups excluding carboxylic acids is 2. The van der Waals surface area contributed by atoms with Crippen molar-refractivity contribution in [3.05, 3.63) is 57.7 Å². The number of aromatic nitrogens is 2. The fourth-order valence-electron chi connectivity index (χ4n) is 4.43. The van der Waals surface area contributed by atoms with Gasteiger partial charge in [-0.1, -0.05) is 38.1 Å². The maximum absolute atomic E-state index is 13.5. The summed E-state index contributed by atoms with van der Waals surface area (Å²) in [4.78, 5) is 34.8. The molecule has 0 bridgehead atoms. The Kier molecular flexibility index (Phi) is 7.24. The molecule has 1 fully saturated rings. The van der Waals surface area contributed by atoms with Crippen LogP contribution >= 0.6 is 22.9 Å². The third kappa shape index (κ3) is 5.17. The van der Waals surface area contributed by atoms with E-state index in [0.717, 1.165) is 33.8 Å². The molecule has 1 unspecified atom stereocenters. The normalized spacial score (nSPS) is 16.9. The zero-order valence-corrected chi connectivity index (χ0v) is 21.1. The van der Waals surface area contributed by atoms with E-state index in [4.69, 9.17) is 0 Å². The largest absolute Gasteiger partial charge is 0.350 e. The third-order valence-electron chi connectivity index (χ3n) is 6.16. The molecule has 2 amide bonds. The molecule has 2 atom stereocenters. The van der Waals surface area contributed by atoms with E-state index in [-0.39, 0.29) is 23.7 Å². The molecule has 0 spiro atoms. The molecule has 3 aromatic rings. The smallest absolute Gasteiger partial charge is 0.243 e. The molecule has 2 aromatic heterocycles. The lowest BCUT2D eigenvalue weighted by Gasteiger charge is -2.29. The van der Waals surface area contributed by atoms with Crippen LogP contribution in [-0.2, 0) is 16.1 Å². The Hall–Kier alpha value is -2.58. The average Bonchev–Trinajstić information content (AvgIpc) is 3.53. The maximum atomic E-state index is 13.5. The van der Waals surface area contributed by atoms with Gasteiger partial charge in [-0.15, -0.1) is 11.3 Å². The van der Waals surface area contributed by atoms with Crippen molar-refractivity contribution in [2.75, 3.05) is 6.54 Å². The molecule has 3 heterocycles. The fourth-order valence-corrected chi connectivity index (χ4v) is 5.83. The van der Waals surface area contributed by atoms with Gasteiger partial charge in [-0.25, -0.2) is 4.98 Å². The summed E-state index contributed by atoms with van der Waals surface area (Å²) in [5.41, 5.74) is 5.87. The number of hydrogen-bond acceptors (Lipinski definition) is 6. The zero-order valence-electron chi connectivity index (χ0n) is 19.5. The summed E-state index contributed by atoms with van der Waals surface area (Å²) in [6.45, 7) is 9.15. The Balaban J connectivity index is 1.40. The number of rotatable bonds is 7. The van der Waals surface area contributed by atoms with Crippen LogP contribution in [0.1, 0.15) is 54.4 Å². The molecule has 6 nitrogen and oxygen atoms in total. The minimum Gasteiger partial charge on any atom is -0.350 e. The highest BCUT2D eigenvalue weighted by molar-refractivity contribution is 7.13. The van der Waals surface area contributed by atoms with E-state index in [1.807, 2.05) is 51.4 Å². The first-order valence-electron chi connectivity index (χ1n) is 11.4. The number of hydrogen-bond donors (Lipinski definition) is 1. The zero-order chi connectivity index (χ0) is 23.5. The van der Waals surface area contributed by atoms with E-state index in [1.165, 1.54) is 16.4 Å². The Morgan fingerprint density at radius 3 is 2.58 bits per heavy atom. The van der Waals surface area contributed by atoms with Gasteiger partial charge in [0.05, 0.1) is 27.7 Å². The number of amides is 2. The molecule has 0 saturated carbocycles. The SMILES string of the molecule is Cc1cc(C(C(=O)N2CCC[C@H]2C(=O)NCc2ccc(-c3scnc3C)cc2)C(C)C)ns1. The number of likely N-dealkylation sites (tertiary alicyclic amines) is 1. The Labute approximate surface area is 203 Å². The van der Waals surface area contributed by atoms with Gasteiger partial charge in [0.1, 0.15) is 6.04 Å². The second-order valence-corrected chi connectivity index (χ2v) is 10.8. The summed E-state index contributed by atoms with van der Waals surface area (Å²) >= 11 is 3.05. The molecule has 1 aliphatic rings. The van der Waals surface area contributed by atoms with Crippen LogP contribution in [0.25, 0.3) is 10.4 Å². The van der Waals surface area contributed by atoms with Crippen LogP contribution in [0.4, 0.5) is 0 Å². The number of aryl methyl sites for hydroxylation is 2. The van der Waals surface area contributed by atoms with Crippen molar-refractivity contribution in [2.45, 2.75) is 59.0 Å². The molecule has 0 radical (unpaired) electrons.